The van der Waals surface area contributed by atoms with E-state index in [0.717, 1.165) is 42.3 Å². The fourth-order valence-electron chi connectivity index (χ4n) is 2.54. The molecule has 1 N–H and O–H groups in total. The Morgan fingerprint density at radius 3 is 2.91 bits per heavy atom. The van der Waals surface area contributed by atoms with E-state index in [0.29, 0.717) is 0 Å². The van der Waals surface area contributed by atoms with Crippen molar-refractivity contribution in [3.05, 3.63) is 42.6 Å². The summed E-state index contributed by atoms with van der Waals surface area (Å²) >= 11 is 0. The molecule has 1 saturated heterocycles. The summed E-state index contributed by atoms with van der Waals surface area (Å²) in [6.07, 6.45) is 4.24. The van der Waals surface area contributed by atoms with Crippen molar-refractivity contribution in [3.63, 3.8) is 0 Å². The number of nitrogens with one attached hydrogen (secondary N) is 1. The normalized spacial score (nSPS) is 17.7. The Labute approximate surface area is 131 Å². The predicted molar refractivity (Wildman–Crippen MR) is 86.2 cm³/mol. The fourth-order valence-corrected chi connectivity index (χ4v) is 2.54. The molecule has 1 unspecified atom stereocenters. The van der Waals surface area contributed by atoms with Gasteiger partial charge in [-0.2, -0.15) is 0 Å². The van der Waals surface area contributed by atoms with Crippen molar-refractivity contribution in [2.24, 2.45) is 0 Å². The van der Waals surface area contributed by atoms with Gasteiger partial charge in [0.05, 0.1) is 18.0 Å². The molecule has 4 heteroatoms. The van der Waals surface area contributed by atoms with Gasteiger partial charge in [-0.3, -0.25) is 0 Å². The van der Waals surface area contributed by atoms with Crippen molar-refractivity contribution in [3.8, 4) is 22.8 Å². The van der Waals surface area contributed by atoms with E-state index in [2.05, 4.69) is 16.5 Å². The summed E-state index contributed by atoms with van der Waals surface area (Å²) in [6.45, 7) is 5.95. The second-order valence-electron chi connectivity index (χ2n) is 5.71. The number of benzene rings is 1. The van der Waals surface area contributed by atoms with Crippen LogP contribution in [0.5, 0.6) is 11.5 Å². The Hall–Kier alpha value is -2.07. The minimum atomic E-state index is 0.0924. The first kappa shape index (κ1) is 14.9. The molecule has 0 bridgehead atoms. The first-order chi connectivity index (χ1) is 10.7. The molecule has 2 heterocycles. The SMILES string of the molecule is CC(C)Oc1cc(OC2CCNC2)ccc1-c1ccc[c]n1. The zero-order chi connectivity index (χ0) is 15.4. The average molecular weight is 297 g/mol. The Kier molecular flexibility index (Phi) is 4.59. The van der Waals surface area contributed by atoms with E-state index in [1.165, 1.54) is 0 Å². The van der Waals surface area contributed by atoms with Crippen LogP contribution in [0.4, 0.5) is 0 Å². The van der Waals surface area contributed by atoms with E-state index >= 15 is 0 Å². The topological polar surface area (TPSA) is 43.4 Å². The number of rotatable bonds is 5. The maximum atomic E-state index is 6.02. The molecule has 3 rings (SSSR count). The van der Waals surface area contributed by atoms with E-state index in [1.807, 2.05) is 44.2 Å². The molecular formula is C18H21N2O2. The highest BCUT2D eigenvalue weighted by molar-refractivity contribution is 5.68. The molecule has 115 valence electrons. The number of ether oxygens (including phenoxy) is 2. The summed E-state index contributed by atoms with van der Waals surface area (Å²) in [4.78, 5) is 4.29. The zero-order valence-corrected chi connectivity index (χ0v) is 13.0. The van der Waals surface area contributed by atoms with Crippen LogP contribution in [0.1, 0.15) is 20.3 Å². The number of hydrogen-bond acceptors (Lipinski definition) is 4. The first-order valence-electron chi connectivity index (χ1n) is 7.74. The molecule has 0 spiro atoms. The molecule has 1 aliphatic heterocycles. The van der Waals surface area contributed by atoms with Crippen molar-refractivity contribution < 1.29 is 9.47 Å². The summed E-state index contributed by atoms with van der Waals surface area (Å²) < 4.78 is 12.0. The van der Waals surface area contributed by atoms with Crippen LogP contribution in [0.15, 0.2) is 36.4 Å². The zero-order valence-electron chi connectivity index (χ0n) is 13.0. The van der Waals surface area contributed by atoms with Crippen molar-refractivity contribution >= 4 is 0 Å². The monoisotopic (exact) mass is 297 g/mol. The molecule has 0 aliphatic carbocycles. The largest absolute Gasteiger partial charge is 0.490 e. The van der Waals surface area contributed by atoms with Crippen LogP contribution in [-0.2, 0) is 0 Å². The van der Waals surface area contributed by atoms with Gasteiger partial charge in [-0.25, -0.2) is 4.98 Å². The van der Waals surface area contributed by atoms with Crippen LogP contribution in [0.25, 0.3) is 11.3 Å². The predicted octanol–water partition coefficient (Wildman–Crippen LogP) is 3.08. The summed E-state index contributed by atoms with van der Waals surface area (Å²) in [5, 5.41) is 3.31. The highest BCUT2D eigenvalue weighted by Crippen LogP contribution is 2.33. The van der Waals surface area contributed by atoms with Gasteiger partial charge in [-0.1, -0.05) is 6.07 Å². The van der Waals surface area contributed by atoms with E-state index in [-0.39, 0.29) is 12.2 Å². The first-order valence-corrected chi connectivity index (χ1v) is 7.74. The van der Waals surface area contributed by atoms with Crippen LogP contribution < -0.4 is 14.8 Å². The van der Waals surface area contributed by atoms with Gasteiger partial charge in [0.25, 0.3) is 0 Å². The van der Waals surface area contributed by atoms with Gasteiger partial charge in [0.15, 0.2) is 0 Å². The quantitative estimate of drug-likeness (QED) is 0.921. The molecule has 22 heavy (non-hydrogen) atoms. The second-order valence-corrected chi connectivity index (χ2v) is 5.71. The van der Waals surface area contributed by atoms with Gasteiger partial charge in [0.1, 0.15) is 17.6 Å². The Morgan fingerprint density at radius 2 is 2.23 bits per heavy atom. The number of pyridine rings is 1. The van der Waals surface area contributed by atoms with E-state index in [4.69, 9.17) is 9.47 Å². The third kappa shape index (κ3) is 3.57. The number of aromatic nitrogens is 1. The lowest BCUT2D eigenvalue weighted by atomic mass is 10.1. The molecule has 1 aliphatic rings. The highest BCUT2D eigenvalue weighted by Gasteiger charge is 2.17. The van der Waals surface area contributed by atoms with Crippen molar-refractivity contribution in [1.82, 2.24) is 10.3 Å². The van der Waals surface area contributed by atoms with Crippen LogP contribution in [0.2, 0.25) is 0 Å². The smallest absolute Gasteiger partial charge is 0.132 e. The molecule has 1 atom stereocenters. The summed E-state index contributed by atoms with van der Waals surface area (Å²) in [7, 11) is 0. The number of hydrogen-bond donors (Lipinski definition) is 1. The lowest BCUT2D eigenvalue weighted by Gasteiger charge is -2.17. The van der Waals surface area contributed by atoms with Gasteiger partial charge >= 0.3 is 0 Å². The van der Waals surface area contributed by atoms with Gasteiger partial charge in [-0.05, 0) is 51.1 Å². The van der Waals surface area contributed by atoms with Crippen LogP contribution in [-0.4, -0.2) is 30.3 Å². The fraction of sp³-hybridized carbons (Fsp3) is 0.389. The highest BCUT2D eigenvalue weighted by atomic mass is 16.5. The molecule has 1 radical (unpaired) electrons. The van der Waals surface area contributed by atoms with Gasteiger partial charge in [-0.15, -0.1) is 0 Å². The Balaban J connectivity index is 1.89. The maximum absolute atomic E-state index is 6.02. The molecule has 1 aromatic heterocycles. The van der Waals surface area contributed by atoms with Crippen molar-refractivity contribution in [1.29, 1.82) is 0 Å². The molecule has 1 fully saturated rings. The number of nitrogens with zero attached hydrogens (tertiary/aromatic N) is 1. The average Bonchev–Trinajstić information content (AvgIpc) is 3.01. The Morgan fingerprint density at radius 1 is 1.32 bits per heavy atom. The lowest BCUT2D eigenvalue weighted by molar-refractivity contribution is 0.217. The second kappa shape index (κ2) is 6.79. The van der Waals surface area contributed by atoms with E-state index in [9.17, 15) is 0 Å². The minimum absolute atomic E-state index is 0.0924. The lowest BCUT2D eigenvalue weighted by Crippen LogP contribution is -2.19. The molecule has 0 saturated carbocycles. The molecule has 1 aromatic carbocycles. The molecular weight excluding hydrogens is 276 g/mol. The maximum Gasteiger partial charge on any atom is 0.132 e. The van der Waals surface area contributed by atoms with Gasteiger partial charge in [0.2, 0.25) is 0 Å². The van der Waals surface area contributed by atoms with Crippen molar-refractivity contribution in [2.75, 3.05) is 13.1 Å². The Bertz CT molecular complexity index is 608. The molecule has 4 nitrogen and oxygen atoms in total. The van der Waals surface area contributed by atoms with Crippen molar-refractivity contribution in [2.45, 2.75) is 32.5 Å². The van der Waals surface area contributed by atoms with Crippen LogP contribution in [0, 0.1) is 6.20 Å². The van der Waals surface area contributed by atoms with E-state index in [1.54, 1.807) is 6.07 Å². The molecule has 2 aromatic rings. The third-order valence-corrected chi connectivity index (χ3v) is 3.52. The van der Waals surface area contributed by atoms with Crippen LogP contribution in [0.3, 0.4) is 0 Å². The minimum Gasteiger partial charge on any atom is -0.490 e. The summed E-state index contributed by atoms with van der Waals surface area (Å²) in [5.74, 6) is 1.64. The molecule has 0 amide bonds. The summed E-state index contributed by atoms with van der Waals surface area (Å²) in [5.41, 5.74) is 1.81. The van der Waals surface area contributed by atoms with Gasteiger partial charge < -0.3 is 14.8 Å². The summed E-state index contributed by atoms with van der Waals surface area (Å²) in [6, 6.07) is 11.6. The van der Waals surface area contributed by atoms with Crippen LogP contribution >= 0.6 is 0 Å². The third-order valence-electron chi connectivity index (χ3n) is 3.52. The van der Waals surface area contributed by atoms with E-state index < -0.39 is 0 Å². The standard InChI is InChI=1S/C18H21N2O2/c1-13(2)21-18-11-14(22-15-8-10-19-12-15)6-7-16(18)17-5-3-4-9-20-17/h3-7,11,13,15,19H,8,10,12H2,1-2H3. The van der Waals surface area contributed by atoms with Gasteiger partial charge in [0, 0.05) is 18.2 Å².